The number of thioether (sulfide) groups is 1. The Labute approximate surface area is 155 Å². The van der Waals surface area contributed by atoms with Gasteiger partial charge < -0.3 is 9.47 Å². The van der Waals surface area contributed by atoms with Crippen LogP contribution < -0.4 is 10.3 Å². The lowest BCUT2D eigenvalue weighted by molar-refractivity contribution is -0.142. The topological polar surface area (TPSA) is 85.7 Å². The minimum Gasteiger partial charge on any atom is -0.482 e. The van der Waals surface area contributed by atoms with Gasteiger partial charge in [0.2, 0.25) is 0 Å². The van der Waals surface area contributed by atoms with Crippen LogP contribution in [0.3, 0.4) is 0 Å². The van der Waals surface area contributed by atoms with Crippen LogP contribution in [0.2, 0.25) is 0 Å². The zero-order chi connectivity index (χ0) is 18.8. The molecule has 0 fully saturated rings. The number of ether oxygens (including phenoxy) is 2. The van der Waals surface area contributed by atoms with Crippen molar-refractivity contribution in [2.45, 2.75) is 32.1 Å². The Bertz CT molecular complexity index is 896. The van der Waals surface area contributed by atoms with Crippen molar-refractivity contribution in [1.82, 2.24) is 9.78 Å². The van der Waals surface area contributed by atoms with Gasteiger partial charge in [-0.1, -0.05) is 23.9 Å². The number of hydrogen-bond donors (Lipinski definition) is 1. The average molecular weight is 375 g/mol. The Morgan fingerprint density at radius 2 is 2.04 bits per heavy atom. The van der Waals surface area contributed by atoms with E-state index in [2.05, 4.69) is 14.8 Å². The van der Waals surface area contributed by atoms with E-state index in [0.717, 1.165) is 10.6 Å². The van der Waals surface area contributed by atoms with E-state index in [-0.39, 0.29) is 23.5 Å². The van der Waals surface area contributed by atoms with Crippen LogP contribution in [-0.4, -0.2) is 34.5 Å². The third-order valence-corrected chi connectivity index (χ3v) is 5.21. The smallest absolute Gasteiger partial charge is 0.343 e. The molecule has 1 aromatic carbocycles. The van der Waals surface area contributed by atoms with E-state index in [1.807, 2.05) is 37.6 Å². The van der Waals surface area contributed by atoms with Crippen LogP contribution in [-0.2, 0) is 9.53 Å². The SMILES string of the molecule is COC(=O)COc1ccc([C@H]2SC(C)=Nc3c2c(=O)[nH]n3C(C)C)cc1. The molecule has 7 nitrogen and oxygen atoms in total. The number of nitrogens with zero attached hydrogens (tertiary/aromatic N) is 2. The van der Waals surface area contributed by atoms with Crippen molar-refractivity contribution in [1.29, 1.82) is 0 Å². The van der Waals surface area contributed by atoms with Gasteiger partial charge in [0.1, 0.15) is 5.75 Å². The molecule has 1 atom stereocenters. The summed E-state index contributed by atoms with van der Waals surface area (Å²) in [5.74, 6) is 0.825. The van der Waals surface area contributed by atoms with Gasteiger partial charge in [0.05, 0.1) is 23.0 Å². The van der Waals surface area contributed by atoms with Crippen molar-refractivity contribution in [2.24, 2.45) is 4.99 Å². The third kappa shape index (κ3) is 3.55. The fourth-order valence-corrected chi connectivity index (χ4v) is 3.86. The molecule has 1 aliphatic heterocycles. The predicted molar refractivity (Wildman–Crippen MR) is 102 cm³/mol. The summed E-state index contributed by atoms with van der Waals surface area (Å²) in [6.45, 7) is 5.81. The molecular weight excluding hydrogens is 354 g/mol. The lowest BCUT2D eigenvalue weighted by Gasteiger charge is -2.21. The molecule has 1 aromatic heterocycles. The second-order valence-electron chi connectivity index (χ2n) is 6.20. The first-order valence-corrected chi connectivity index (χ1v) is 9.14. The lowest BCUT2D eigenvalue weighted by atomic mass is 10.1. The van der Waals surface area contributed by atoms with Crippen LogP contribution in [0.5, 0.6) is 5.75 Å². The van der Waals surface area contributed by atoms with E-state index in [1.54, 1.807) is 23.9 Å². The maximum atomic E-state index is 12.5. The first kappa shape index (κ1) is 18.3. The third-order valence-electron chi connectivity index (χ3n) is 4.03. The number of methoxy groups -OCH3 is 1. The summed E-state index contributed by atoms with van der Waals surface area (Å²) >= 11 is 1.55. The highest BCUT2D eigenvalue weighted by atomic mass is 32.2. The average Bonchev–Trinajstić information content (AvgIpc) is 2.96. The maximum absolute atomic E-state index is 12.5. The fraction of sp³-hybridized carbons (Fsp3) is 0.389. The van der Waals surface area contributed by atoms with Gasteiger partial charge in [0.15, 0.2) is 12.4 Å². The van der Waals surface area contributed by atoms with Crippen LogP contribution in [0.1, 0.15) is 43.2 Å². The van der Waals surface area contributed by atoms with E-state index in [0.29, 0.717) is 17.1 Å². The number of aromatic nitrogens is 2. The van der Waals surface area contributed by atoms with E-state index < -0.39 is 5.97 Å². The first-order valence-electron chi connectivity index (χ1n) is 8.26. The summed E-state index contributed by atoms with van der Waals surface area (Å²) in [6.07, 6.45) is 0. The number of esters is 1. The van der Waals surface area contributed by atoms with Gasteiger partial charge in [-0.3, -0.25) is 14.6 Å². The van der Waals surface area contributed by atoms with Gasteiger partial charge in [-0.15, -0.1) is 0 Å². The maximum Gasteiger partial charge on any atom is 0.343 e. The van der Waals surface area contributed by atoms with Gasteiger partial charge >= 0.3 is 5.97 Å². The molecule has 3 rings (SSSR count). The van der Waals surface area contributed by atoms with Gasteiger partial charge in [-0.05, 0) is 38.5 Å². The molecule has 0 bridgehead atoms. The molecule has 2 aromatic rings. The number of carbonyl (C=O) groups is 1. The van der Waals surface area contributed by atoms with Crippen molar-refractivity contribution in [3.8, 4) is 5.75 Å². The molecule has 0 aliphatic carbocycles. The van der Waals surface area contributed by atoms with Crippen molar-refractivity contribution < 1.29 is 14.3 Å². The molecule has 0 unspecified atom stereocenters. The van der Waals surface area contributed by atoms with Gasteiger partial charge in [-0.2, -0.15) is 0 Å². The molecular formula is C18H21N3O4S. The lowest BCUT2D eigenvalue weighted by Crippen LogP contribution is -2.14. The van der Waals surface area contributed by atoms with E-state index in [4.69, 9.17) is 4.74 Å². The molecule has 0 spiro atoms. The molecule has 1 N–H and O–H groups in total. The van der Waals surface area contributed by atoms with Crippen LogP contribution in [0, 0.1) is 0 Å². The zero-order valence-electron chi connectivity index (χ0n) is 15.1. The number of H-pyrrole nitrogens is 1. The molecule has 0 amide bonds. The largest absolute Gasteiger partial charge is 0.482 e. The minimum absolute atomic E-state index is 0.112. The Morgan fingerprint density at radius 3 is 2.65 bits per heavy atom. The second kappa shape index (κ2) is 7.41. The summed E-state index contributed by atoms with van der Waals surface area (Å²) in [4.78, 5) is 28.3. The number of carbonyl (C=O) groups excluding carboxylic acids is 1. The van der Waals surface area contributed by atoms with E-state index >= 15 is 0 Å². The summed E-state index contributed by atoms with van der Waals surface area (Å²) in [5.41, 5.74) is 1.52. The zero-order valence-corrected chi connectivity index (χ0v) is 15.9. The first-order chi connectivity index (χ1) is 12.4. The Morgan fingerprint density at radius 1 is 1.35 bits per heavy atom. The van der Waals surface area contributed by atoms with Gasteiger partial charge in [0, 0.05) is 6.04 Å². The highest BCUT2D eigenvalue weighted by Crippen LogP contribution is 2.44. The number of aliphatic imine (C=N–C) groups is 1. The summed E-state index contributed by atoms with van der Waals surface area (Å²) in [7, 11) is 1.32. The van der Waals surface area contributed by atoms with Crippen LogP contribution in [0.4, 0.5) is 5.82 Å². The highest BCUT2D eigenvalue weighted by molar-refractivity contribution is 8.14. The monoisotopic (exact) mass is 375 g/mol. The van der Waals surface area contributed by atoms with Crippen molar-refractivity contribution in [3.63, 3.8) is 0 Å². The second-order valence-corrected chi connectivity index (χ2v) is 7.50. The normalized spacial score (nSPS) is 16.2. The Hall–Kier alpha value is -2.48. The molecule has 138 valence electrons. The standard InChI is InChI=1S/C18H21N3O4S/c1-10(2)21-17-15(18(23)20-21)16(26-11(3)19-17)12-5-7-13(8-6-12)25-9-14(22)24-4/h5-8,10,16H,9H2,1-4H3,(H,20,23)/t16-/m1/s1. The van der Waals surface area contributed by atoms with Crippen molar-refractivity contribution in [3.05, 3.63) is 45.7 Å². The van der Waals surface area contributed by atoms with Gasteiger partial charge in [0.25, 0.3) is 5.56 Å². The molecule has 0 radical (unpaired) electrons. The highest BCUT2D eigenvalue weighted by Gasteiger charge is 2.30. The van der Waals surface area contributed by atoms with E-state index in [1.165, 1.54) is 7.11 Å². The van der Waals surface area contributed by atoms with Crippen LogP contribution in [0.25, 0.3) is 0 Å². The molecule has 0 saturated heterocycles. The molecule has 8 heteroatoms. The minimum atomic E-state index is -0.435. The molecule has 1 aliphatic rings. The number of benzene rings is 1. The summed E-state index contributed by atoms with van der Waals surface area (Å²) in [6, 6.07) is 7.48. The number of aromatic amines is 1. The van der Waals surface area contributed by atoms with Crippen LogP contribution in [0.15, 0.2) is 34.1 Å². The van der Waals surface area contributed by atoms with Gasteiger partial charge in [-0.25, -0.2) is 9.79 Å². The van der Waals surface area contributed by atoms with Crippen molar-refractivity contribution >= 4 is 28.6 Å². The summed E-state index contributed by atoms with van der Waals surface area (Å²) in [5, 5.41) is 3.66. The van der Waals surface area contributed by atoms with E-state index in [9.17, 15) is 9.59 Å². The predicted octanol–water partition coefficient (Wildman–Crippen LogP) is 3.20. The molecule has 2 heterocycles. The quantitative estimate of drug-likeness (QED) is 0.811. The number of rotatable bonds is 5. The van der Waals surface area contributed by atoms with Crippen molar-refractivity contribution in [2.75, 3.05) is 13.7 Å². The van der Waals surface area contributed by atoms with Crippen LogP contribution >= 0.6 is 11.8 Å². The molecule has 26 heavy (non-hydrogen) atoms. The molecule has 0 saturated carbocycles. The summed E-state index contributed by atoms with van der Waals surface area (Å²) < 4.78 is 11.7. The number of hydrogen-bond acceptors (Lipinski definition) is 6. The fourth-order valence-electron chi connectivity index (χ4n) is 2.76. The number of fused-ring (bicyclic) bond motifs is 1. The number of nitrogens with one attached hydrogen (secondary N) is 1. The Kier molecular flexibility index (Phi) is 5.22. The Balaban J connectivity index is 1.90.